The van der Waals surface area contributed by atoms with E-state index in [1.807, 2.05) is 20.0 Å². The molecule has 0 unspecified atom stereocenters. The first kappa shape index (κ1) is 12.4. The van der Waals surface area contributed by atoms with E-state index in [1.165, 1.54) is 6.07 Å². The van der Waals surface area contributed by atoms with Crippen LogP contribution in [0.15, 0.2) is 28.7 Å². The summed E-state index contributed by atoms with van der Waals surface area (Å²) in [6, 6.07) is 6.77. The van der Waals surface area contributed by atoms with Crippen LogP contribution in [0.5, 0.6) is 0 Å². The molecule has 0 spiro atoms. The lowest BCUT2D eigenvalue weighted by atomic mass is 10.2. The van der Waals surface area contributed by atoms with Gasteiger partial charge in [0.2, 0.25) is 5.89 Å². The number of oxazole rings is 1. The number of benzene rings is 1. The third-order valence-corrected chi connectivity index (χ3v) is 3.16. The molecule has 0 aliphatic heterocycles. The van der Waals surface area contributed by atoms with Gasteiger partial charge in [-0.15, -0.1) is 0 Å². The summed E-state index contributed by atoms with van der Waals surface area (Å²) in [6.07, 6.45) is 0.814. The molecule has 20 heavy (non-hydrogen) atoms. The zero-order valence-electron chi connectivity index (χ0n) is 11.1. The lowest BCUT2D eigenvalue weighted by molar-refractivity contribution is 0.0698. The molecule has 0 aliphatic rings. The molecule has 0 fully saturated rings. The largest absolute Gasteiger partial charge is 0.478 e. The number of para-hydroxylation sites is 1. The van der Waals surface area contributed by atoms with E-state index in [0.29, 0.717) is 11.4 Å². The molecule has 0 saturated carbocycles. The minimum Gasteiger partial charge on any atom is -0.478 e. The summed E-state index contributed by atoms with van der Waals surface area (Å²) in [5.74, 6) is -0.652. The van der Waals surface area contributed by atoms with Gasteiger partial charge in [0.15, 0.2) is 5.58 Å². The molecular weight excluding hydrogens is 258 g/mol. The van der Waals surface area contributed by atoms with Crippen LogP contribution >= 0.6 is 0 Å². The van der Waals surface area contributed by atoms with Crippen molar-refractivity contribution in [2.75, 3.05) is 0 Å². The van der Waals surface area contributed by atoms with E-state index in [1.54, 1.807) is 16.8 Å². The Morgan fingerprint density at radius 3 is 2.90 bits per heavy atom. The molecule has 102 valence electrons. The summed E-state index contributed by atoms with van der Waals surface area (Å²) in [4.78, 5) is 15.5. The van der Waals surface area contributed by atoms with Crippen molar-refractivity contribution in [3.8, 4) is 11.6 Å². The number of hydrogen-bond donors (Lipinski definition) is 1. The van der Waals surface area contributed by atoms with Crippen LogP contribution in [0.4, 0.5) is 0 Å². The monoisotopic (exact) mass is 271 g/mol. The number of fused-ring (bicyclic) bond motifs is 1. The topological polar surface area (TPSA) is 81.1 Å². The molecule has 3 aromatic rings. The summed E-state index contributed by atoms with van der Waals surface area (Å²) in [5.41, 5.74) is 2.59. The van der Waals surface area contributed by atoms with Crippen LogP contribution in [0.3, 0.4) is 0 Å². The van der Waals surface area contributed by atoms with Crippen molar-refractivity contribution in [3.63, 3.8) is 0 Å². The predicted octanol–water partition coefficient (Wildman–Crippen LogP) is 2.49. The quantitative estimate of drug-likeness (QED) is 0.791. The summed E-state index contributed by atoms with van der Waals surface area (Å²) < 4.78 is 7.32. The molecular formula is C14H13N3O3. The summed E-state index contributed by atoms with van der Waals surface area (Å²) in [6.45, 7) is 2.01. The third-order valence-electron chi connectivity index (χ3n) is 3.16. The molecule has 0 amide bonds. The van der Waals surface area contributed by atoms with Gasteiger partial charge in [0.05, 0.1) is 5.69 Å². The fourth-order valence-corrected chi connectivity index (χ4v) is 2.13. The molecule has 0 atom stereocenters. The Bertz CT molecular complexity index is 801. The minimum atomic E-state index is -1.03. The number of nitrogens with zero attached hydrogens (tertiary/aromatic N) is 3. The van der Waals surface area contributed by atoms with Gasteiger partial charge in [-0.25, -0.2) is 9.78 Å². The highest BCUT2D eigenvalue weighted by Gasteiger charge is 2.17. The number of carbonyl (C=O) groups is 1. The highest BCUT2D eigenvalue weighted by molar-refractivity contribution is 6.00. The Labute approximate surface area is 114 Å². The maximum Gasteiger partial charge on any atom is 0.339 e. The van der Waals surface area contributed by atoms with Crippen molar-refractivity contribution in [3.05, 3.63) is 35.5 Å². The standard InChI is InChI=1S/C14H13N3O3/c1-3-8-7-11(17(2)16-8)13-15-10-6-4-5-9(14(18)19)12(10)20-13/h4-7H,3H2,1-2H3,(H,18,19). The first-order chi connectivity index (χ1) is 9.60. The number of rotatable bonds is 3. The second-order valence-electron chi connectivity index (χ2n) is 4.48. The van der Waals surface area contributed by atoms with Gasteiger partial charge in [0, 0.05) is 7.05 Å². The van der Waals surface area contributed by atoms with Gasteiger partial charge in [-0.05, 0) is 24.6 Å². The van der Waals surface area contributed by atoms with Crippen LogP contribution in [0, 0.1) is 0 Å². The Morgan fingerprint density at radius 1 is 1.45 bits per heavy atom. The Hall–Kier alpha value is -2.63. The lowest BCUT2D eigenvalue weighted by Gasteiger charge is -1.95. The van der Waals surface area contributed by atoms with Crippen LogP contribution in [0.2, 0.25) is 0 Å². The van der Waals surface area contributed by atoms with E-state index < -0.39 is 5.97 Å². The maximum atomic E-state index is 11.2. The maximum absolute atomic E-state index is 11.2. The predicted molar refractivity (Wildman–Crippen MR) is 72.5 cm³/mol. The molecule has 6 nitrogen and oxygen atoms in total. The number of carboxylic acids is 1. The van der Waals surface area contributed by atoms with Gasteiger partial charge in [-0.3, -0.25) is 4.68 Å². The smallest absolute Gasteiger partial charge is 0.339 e. The minimum absolute atomic E-state index is 0.110. The fraction of sp³-hybridized carbons (Fsp3) is 0.214. The Balaban J connectivity index is 2.20. The molecule has 0 bridgehead atoms. The Kier molecular flexibility index (Phi) is 2.78. The van der Waals surface area contributed by atoms with Gasteiger partial charge in [-0.1, -0.05) is 13.0 Å². The first-order valence-electron chi connectivity index (χ1n) is 6.26. The van der Waals surface area contributed by atoms with E-state index in [2.05, 4.69) is 10.1 Å². The van der Waals surface area contributed by atoms with Crippen LogP contribution in [0.25, 0.3) is 22.7 Å². The molecule has 2 heterocycles. The van der Waals surface area contributed by atoms with Crippen molar-refractivity contribution in [2.45, 2.75) is 13.3 Å². The van der Waals surface area contributed by atoms with Gasteiger partial charge in [0.1, 0.15) is 16.8 Å². The number of carboxylic acid groups (broad SMARTS) is 1. The lowest BCUT2D eigenvalue weighted by Crippen LogP contribution is -1.95. The number of aromatic nitrogens is 3. The Morgan fingerprint density at radius 2 is 2.25 bits per heavy atom. The zero-order chi connectivity index (χ0) is 14.3. The van der Waals surface area contributed by atoms with E-state index in [-0.39, 0.29) is 11.1 Å². The molecule has 0 aliphatic carbocycles. The normalized spacial score (nSPS) is 11.1. The molecule has 0 saturated heterocycles. The van der Waals surface area contributed by atoms with E-state index in [0.717, 1.165) is 17.8 Å². The fourth-order valence-electron chi connectivity index (χ4n) is 2.13. The zero-order valence-corrected chi connectivity index (χ0v) is 11.1. The molecule has 1 N–H and O–H groups in total. The van der Waals surface area contributed by atoms with Gasteiger partial charge in [-0.2, -0.15) is 5.10 Å². The number of aryl methyl sites for hydroxylation is 2. The first-order valence-corrected chi connectivity index (χ1v) is 6.26. The number of hydrogen-bond acceptors (Lipinski definition) is 4. The van der Waals surface area contributed by atoms with Crippen molar-refractivity contribution < 1.29 is 14.3 Å². The molecule has 3 rings (SSSR count). The SMILES string of the molecule is CCc1cc(-c2nc3cccc(C(=O)O)c3o2)n(C)n1. The summed E-state index contributed by atoms with van der Waals surface area (Å²) >= 11 is 0. The molecule has 1 aromatic carbocycles. The highest BCUT2D eigenvalue weighted by atomic mass is 16.4. The van der Waals surface area contributed by atoms with Crippen molar-refractivity contribution in [2.24, 2.45) is 7.05 Å². The highest BCUT2D eigenvalue weighted by Crippen LogP contribution is 2.26. The third kappa shape index (κ3) is 1.85. The van der Waals surface area contributed by atoms with Crippen molar-refractivity contribution >= 4 is 17.1 Å². The molecule has 2 aromatic heterocycles. The average molecular weight is 271 g/mol. The second-order valence-corrected chi connectivity index (χ2v) is 4.48. The van der Waals surface area contributed by atoms with E-state index >= 15 is 0 Å². The van der Waals surface area contributed by atoms with Crippen molar-refractivity contribution in [1.29, 1.82) is 0 Å². The van der Waals surface area contributed by atoms with E-state index in [9.17, 15) is 4.79 Å². The molecule has 0 radical (unpaired) electrons. The van der Waals surface area contributed by atoms with Crippen LogP contribution < -0.4 is 0 Å². The van der Waals surface area contributed by atoms with Crippen LogP contribution in [-0.4, -0.2) is 25.8 Å². The van der Waals surface area contributed by atoms with Crippen molar-refractivity contribution in [1.82, 2.24) is 14.8 Å². The summed E-state index contributed by atoms with van der Waals surface area (Å²) in [5, 5.41) is 13.5. The van der Waals surface area contributed by atoms with Gasteiger partial charge < -0.3 is 9.52 Å². The van der Waals surface area contributed by atoms with Gasteiger partial charge >= 0.3 is 5.97 Å². The molecule has 6 heteroatoms. The second kappa shape index (κ2) is 4.48. The summed E-state index contributed by atoms with van der Waals surface area (Å²) in [7, 11) is 1.81. The van der Waals surface area contributed by atoms with Crippen LogP contribution in [-0.2, 0) is 13.5 Å². The van der Waals surface area contributed by atoms with E-state index in [4.69, 9.17) is 9.52 Å². The average Bonchev–Trinajstić information content (AvgIpc) is 3.00. The van der Waals surface area contributed by atoms with Gasteiger partial charge in [0.25, 0.3) is 0 Å². The van der Waals surface area contributed by atoms with Crippen LogP contribution in [0.1, 0.15) is 23.0 Å². The number of aromatic carboxylic acids is 1.